The summed E-state index contributed by atoms with van der Waals surface area (Å²) in [6, 6.07) is 36.9. The molecule has 0 aliphatic carbocycles. The van der Waals surface area contributed by atoms with E-state index in [1.807, 2.05) is 105 Å². The zero-order valence-electron chi connectivity index (χ0n) is 28.7. The molecule has 0 bridgehead atoms. The topological polar surface area (TPSA) is 74.8 Å². The Balaban J connectivity index is 1.51. The molecule has 6 aromatic rings. The maximum Gasteiger partial charge on any atom is 0.338 e. The highest BCUT2D eigenvalue weighted by Crippen LogP contribution is 2.38. The van der Waals surface area contributed by atoms with Crippen molar-refractivity contribution >= 4 is 35.0 Å². The molecular formula is C42H36ClN3O4S. The van der Waals surface area contributed by atoms with E-state index < -0.39 is 12.0 Å². The third-order valence-electron chi connectivity index (χ3n) is 8.61. The first kappa shape index (κ1) is 34.0. The molecular weight excluding hydrogens is 678 g/mol. The molecule has 2 aromatic heterocycles. The largest absolute Gasteiger partial charge is 0.491 e. The number of ether oxygens (including phenoxy) is 2. The van der Waals surface area contributed by atoms with Crippen molar-refractivity contribution < 1.29 is 14.3 Å². The van der Waals surface area contributed by atoms with E-state index in [4.69, 9.17) is 26.1 Å². The van der Waals surface area contributed by atoms with Gasteiger partial charge in [-0.3, -0.25) is 9.36 Å². The number of thiazole rings is 1. The lowest BCUT2D eigenvalue weighted by atomic mass is 9.95. The van der Waals surface area contributed by atoms with Gasteiger partial charge in [-0.15, -0.1) is 0 Å². The van der Waals surface area contributed by atoms with E-state index in [9.17, 15) is 9.59 Å². The highest BCUT2D eigenvalue weighted by molar-refractivity contribution is 7.07. The van der Waals surface area contributed by atoms with Gasteiger partial charge in [-0.25, -0.2) is 9.79 Å². The van der Waals surface area contributed by atoms with Gasteiger partial charge in [-0.2, -0.15) is 0 Å². The fourth-order valence-electron chi connectivity index (χ4n) is 6.51. The van der Waals surface area contributed by atoms with Crippen LogP contribution in [0, 0.1) is 0 Å². The predicted octanol–water partition coefficient (Wildman–Crippen LogP) is 8.36. The summed E-state index contributed by atoms with van der Waals surface area (Å²) in [5.74, 6) is 0.0683. The minimum atomic E-state index is -0.801. The predicted molar refractivity (Wildman–Crippen MR) is 204 cm³/mol. The molecule has 0 saturated heterocycles. The number of carbonyl (C=O) groups excluding carboxylic acids is 1. The van der Waals surface area contributed by atoms with Gasteiger partial charge >= 0.3 is 5.97 Å². The molecule has 7 nitrogen and oxygen atoms in total. The summed E-state index contributed by atoms with van der Waals surface area (Å²) in [5.41, 5.74) is 6.85. The SMILES string of the molecule is CCOC(=O)C1=C(C)N=c2s/c(=C\c3cc(-c4ccccc4)n(-c4ccc(Cl)cc4)c3-c3ccccc3)c(=O)n2[C@@H]1c1ccccc1OC(C)C. The highest BCUT2D eigenvalue weighted by atomic mass is 35.5. The van der Waals surface area contributed by atoms with Crippen molar-refractivity contribution in [3.63, 3.8) is 0 Å². The number of para-hydroxylation sites is 1. The Kier molecular flexibility index (Phi) is 9.62. The number of esters is 1. The minimum Gasteiger partial charge on any atom is -0.491 e. The Labute approximate surface area is 305 Å². The van der Waals surface area contributed by atoms with Crippen LogP contribution in [0.2, 0.25) is 5.02 Å². The van der Waals surface area contributed by atoms with Crippen molar-refractivity contribution in [3.8, 4) is 34.0 Å². The van der Waals surface area contributed by atoms with Crippen LogP contribution in [0.1, 0.15) is 44.9 Å². The second kappa shape index (κ2) is 14.4. The molecule has 51 heavy (non-hydrogen) atoms. The number of hydrogen-bond donors (Lipinski definition) is 0. The van der Waals surface area contributed by atoms with E-state index in [0.717, 1.165) is 33.8 Å². The Bertz CT molecular complexity index is 2440. The van der Waals surface area contributed by atoms with Crippen LogP contribution < -0.4 is 19.6 Å². The van der Waals surface area contributed by atoms with Crippen LogP contribution in [0.3, 0.4) is 0 Å². The van der Waals surface area contributed by atoms with Gasteiger partial charge < -0.3 is 14.0 Å². The number of fused-ring (bicyclic) bond motifs is 1. The van der Waals surface area contributed by atoms with E-state index in [1.54, 1.807) is 18.4 Å². The summed E-state index contributed by atoms with van der Waals surface area (Å²) in [5, 5.41) is 0.641. The van der Waals surface area contributed by atoms with Gasteiger partial charge in [0.05, 0.1) is 39.9 Å². The van der Waals surface area contributed by atoms with Crippen molar-refractivity contribution in [2.45, 2.75) is 39.8 Å². The second-order valence-electron chi connectivity index (χ2n) is 12.4. The van der Waals surface area contributed by atoms with Crippen LogP contribution >= 0.6 is 22.9 Å². The standard InChI is InChI=1S/C42H36ClN3O4S/c1-5-49-41(48)37-27(4)44-42-46(39(37)33-18-12-13-19-35(33)50-26(2)3)40(47)36(51-42)25-30-24-34(28-14-8-6-9-15-28)45(32-22-20-31(43)21-23-32)38(30)29-16-10-7-11-17-29/h6-26,39H,5H2,1-4H3/b36-25-/t39-/m1/s1. The van der Waals surface area contributed by atoms with Crippen LogP contribution in [0.15, 0.2) is 136 Å². The molecule has 0 saturated carbocycles. The summed E-state index contributed by atoms with van der Waals surface area (Å²) in [7, 11) is 0. The minimum absolute atomic E-state index is 0.127. The number of carbonyl (C=O) groups is 1. The summed E-state index contributed by atoms with van der Waals surface area (Å²) < 4.78 is 16.0. The monoisotopic (exact) mass is 713 g/mol. The lowest BCUT2D eigenvalue weighted by Crippen LogP contribution is -2.40. The summed E-state index contributed by atoms with van der Waals surface area (Å²) in [6.45, 7) is 7.62. The lowest BCUT2D eigenvalue weighted by molar-refractivity contribution is -0.139. The highest BCUT2D eigenvalue weighted by Gasteiger charge is 2.35. The van der Waals surface area contributed by atoms with Crippen LogP contribution in [-0.2, 0) is 9.53 Å². The molecule has 0 radical (unpaired) electrons. The summed E-state index contributed by atoms with van der Waals surface area (Å²) in [6.07, 6.45) is 1.81. The first-order valence-electron chi connectivity index (χ1n) is 16.8. The van der Waals surface area contributed by atoms with Crippen molar-refractivity contribution in [3.05, 3.63) is 162 Å². The number of allylic oxidation sites excluding steroid dienone is 1. The average molecular weight is 714 g/mol. The van der Waals surface area contributed by atoms with Crippen LogP contribution in [0.5, 0.6) is 5.75 Å². The van der Waals surface area contributed by atoms with E-state index in [1.165, 1.54) is 11.3 Å². The van der Waals surface area contributed by atoms with Gasteiger partial charge in [0.15, 0.2) is 4.80 Å². The van der Waals surface area contributed by atoms with Gasteiger partial charge in [0.1, 0.15) is 11.8 Å². The molecule has 7 rings (SSSR count). The molecule has 256 valence electrons. The van der Waals surface area contributed by atoms with Crippen molar-refractivity contribution in [1.82, 2.24) is 9.13 Å². The summed E-state index contributed by atoms with van der Waals surface area (Å²) >= 11 is 7.63. The van der Waals surface area contributed by atoms with Gasteiger partial charge in [0.25, 0.3) is 5.56 Å². The first-order valence-corrected chi connectivity index (χ1v) is 18.0. The van der Waals surface area contributed by atoms with Crippen molar-refractivity contribution in [1.29, 1.82) is 0 Å². The molecule has 0 spiro atoms. The average Bonchev–Trinajstić information content (AvgIpc) is 3.65. The smallest absolute Gasteiger partial charge is 0.338 e. The molecule has 3 heterocycles. The van der Waals surface area contributed by atoms with Gasteiger partial charge in [0.2, 0.25) is 0 Å². The Morgan fingerprint density at radius 2 is 1.57 bits per heavy atom. The molecule has 0 amide bonds. The van der Waals surface area contributed by atoms with Gasteiger partial charge in [-0.1, -0.05) is 102 Å². The maximum atomic E-state index is 14.7. The number of hydrogen-bond acceptors (Lipinski definition) is 6. The zero-order chi connectivity index (χ0) is 35.6. The normalized spacial score (nSPS) is 14.4. The van der Waals surface area contributed by atoms with E-state index >= 15 is 0 Å². The molecule has 4 aromatic carbocycles. The molecule has 1 aliphatic heterocycles. The van der Waals surface area contributed by atoms with Gasteiger partial charge in [0, 0.05) is 21.8 Å². The maximum absolute atomic E-state index is 14.7. The van der Waals surface area contributed by atoms with Crippen LogP contribution in [-0.4, -0.2) is 27.8 Å². The summed E-state index contributed by atoms with van der Waals surface area (Å²) in [4.78, 5) is 33.6. The van der Waals surface area contributed by atoms with Crippen molar-refractivity contribution in [2.24, 2.45) is 4.99 Å². The van der Waals surface area contributed by atoms with Gasteiger partial charge in [-0.05, 0) is 81.3 Å². The lowest BCUT2D eigenvalue weighted by Gasteiger charge is -2.26. The van der Waals surface area contributed by atoms with Crippen molar-refractivity contribution in [2.75, 3.05) is 6.61 Å². The molecule has 1 atom stereocenters. The quantitative estimate of drug-likeness (QED) is 0.141. The van der Waals surface area contributed by atoms with E-state index in [0.29, 0.717) is 36.9 Å². The number of rotatable bonds is 9. The molecule has 1 aliphatic rings. The van der Waals surface area contributed by atoms with E-state index in [2.05, 4.69) is 34.9 Å². The Morgan fingerprint density at radius 3 is 2.24 bits per heavy atom. The Hall–Kier alpha value is -5.44. The molecule has 9 heteroatoms. The molecule has 0 unspecified atom stereocenters. The van der Waals surface area contributed by atoms with Crippen LogP contribution in [0.25, 0.3) is 34.3 Å². The third kappa shape index (κ3) is 6.60. The number of aromatic nitrogens is 2. The Morgan fingerprint density at radius 1 is 0.922 bits per heavy atom. The number of halogens is 1. The first-order chi connectivity index (χ1) is 24.7. The number of benzene rings is 4. The zero-order valence-corrected chi connectivity index (χ0v) is 30.2. The fourth-order valence-corrected chi connectivity index (χ4v) is 7.67. The van der Waals surface area contributed by atoms with E-state index in [-0.39, 0.29) is 18.3 Å². The third-order valence-corrected chi connectivity index (χ3v) is 9.85. The second-order valence-corrected chi connectivity index (χ2v) is 13.8. The molecule has 0 fully saturated rings. The van der Waals surface area contributed by atoms with Crippen LogP contribution in [0.4, 0.5) is 0 Å². The fraction of sp³-hybridized carbons (Fsp3) is 0.167. The number of nitrogens with zero attached hydrogens (tertiary/aromatic N) is 3. The molecule has 0 N–H and O–H groups in total.